The lowest BCUT2D eigenvalue weighted by atomic mass is 9.94. The van der Waals surface area contributed by atoms with E-state index >= 15 is 0 Å². The lowest BCUT2D eigenvalue weighted by molar-refractivity contribution is 0.366. The number of hydrogen-bond donors (Lipinski definition) is 0. The van der Waals surface area contributed by atoms with E-state index < -0.39 is 0 Å². The van der Waals surface area contributed by atoms with Crippen LogP contribution in [-0.4, -0.2) is 30.4 Å². The molecule has 6 nitrogen and oxygen atoms in total. The minimum absolute atomic E-state index is 0.0340. The highest BCUT2D eigenvalue weighted by atomic mass is 16.5. The minimum atomic E-state index is 0.0340. The summed E-state index contributed by atoms with van der Waals surface area (Å²) in [4.78, 5) is 15.6. The normalized spacial score (nSPS) is 14.0. The maximum Gasteiger partial charge on any atom is 0.224 e. The molecule has 2 aromatic heterocycles. The van der Waals surface area contributed by atoms with Crippen molar-refractivity contribution in [1.82, 2.24) is 9.97 Å². The van der Waals surface area contributed by atoms with Crippen LogP contribution in [0, 0.1) is 0 Å². The number of aliphatic imine (C=N–C) groups is 1. The van der Waals surface area contributed by atoms with Crippen LogP contribution in [-0.2, 0) is 0 Å². The first-order valence-corrected chi connectivity index (χ1v) is 10.3. The molecule has 3 aromatic rings. The molecule has 0 fully saturated rings. The van der Waals surface area contributed by atoms with E-state index in [2.05, 4.69) is 51.0 Å². The number of allylic oxidation sites excluding steroid dienone is 1. The van der Waals surface area contributed by atoms with E-state index in [1.165, 1.54) is 0 Å². The van der Waals surface area contributed by atoms with E-state index in [0.29, 0.717) is 11.8 Å². The molecule has 3 heterocycles. The second-order valence-electron chi connectivity index (χ2n) is 7.25. The third-order valence-corrected chi connectivity index (χ3v) is 5.42. The van der Waals surface area contributed by atoms with Gasteiger partial charge in [0.05, 0.1) is 32.1 Å². The van der Waals surface area contributed by atoms with Gasteiger partial charge in [0, 0.05) is 35.9 Å². The summed E-state index contributed by atoms with van der Waals surface area (Å²) in [5, 5.41) is 0. The Balaban J connectivity index is 1.82. The van der Waals surface area contributed by atoms with Crippen LogP contribution in [0.1, 0.15) is 31.4 Å². The fourth-order valence-corrected chi connectivity index (χ4v) is 3.95. The number of methoxy groups -OCH3 is 2. The molecule has 1 aliphatic heterocycles. The smallest absolute Gasteiger partial charge is 0.224 e. The van der Waals surface area contributed by atoms with Gasteiger partial charge in [0.1, 0.15) is 0 Å². The van der Waals surface area contributed by atoms with E-state index in [9.17, 15) is 0 Å². The van der Waals surface area contributed by atoms with Crippen molar-refractivity contribution in [3.63, 3.8) is 0 Å². The van der Waals surface area contributed by atoms with Gasteiger partial charge in [0.15, 0.2) is 0 Å². The Bertz CT molecular complexity index is 1100. The molecule has 0 saturated carbocycles. The molecule has 0 bridgehead atoms. The standard InChI is InChI=1S/C25H26N4O2/c1-18(29(19-8-6-14-26-16-19)20-9-7-15-27-17-20)21-10-4-5-11-22(21)23-12-13-24(30-2)28-25(23)31-3/h4-6,8,10-18H,7,9H2,1-3H3. The summed E-state index contributed by atoms with van der Waals surface area (Å²) in [7, 11) is 3.23. The molecule has 0 aliphatic carbocycles. The van der Waals surface area contributed by atoms with Crippen molar-refractivity contribution < 1.29 is 9.47 Å². The van der Waals surface area contributed by atoms with Crippen molar-refractivity contribution in [3.05, 3.63) is 78.4 Å². The van der Waals surface area contributed by atoms with Gasteiger partial charge in [0.2, 0.25) is 11.8 Å². The third-order valence-electron chi connectivity index (χ3n) is 5.42. The zero-order valence-electron chi connectivity index (χ0n) is 18.0. The maximum absolute atomic E-state index is 5.59. The number of anilines is 1. The summed E-state index contributed by atoms with van der Waals surface area (Å²) in [5.74, 6) is 1.06. The highest BCUT2D eigenvalue weighted by Crippen LogP contribution is 2.39. The molecule has 158 valence electrons. The van der Waals surface area contributed by atoms with Gasteiger partial charge >= 0.3 is 0 Å². The fraction of sp³-hybridized carbons (Fsp3) is 0.240. The van der Waals surface area contributed by atoms with Gasteiger partial charge in [-0.05, 0) is 49.1 Å². The van der Waals surface area contributed by atoms with Crippen molar-refractivity contribution in [2.75, 3.05) is 19.1 Å². The van der Waals surface area contributed by atoms with Crippen molar-refractivity contribution in [2.24, 2.45) is 4.99 Å². The van der Waals surface area contributed by atoms with E-state index in [1.54, 1.807) is 20.4 Å². The average molecular weight is 415 g/mol. The second kappa shape index (κ2) is 9.43. The van der Waals surface area contributed by atoms with Gasteiger partial charge < -0.3 is 14.4 Å². The van der Waals surface area contributed by atoms with Gasteiger partial charge in [-0.3, -0.25) is 9.98 Å². The summed E-state index contributed by atoms with van der Waals surface area (Å²) >= 11 is 0. The lowest BCUT2D eigenvalue weighted by Gasteiger charge is -2.35. The third kappa shape index (κ3) is 4.28. The Kier molecular flexibility index (Phi) is 6.26. The second-order valence-corrected chi connectivity index (χ2v) is 7.25. The molecule has 0 spiro atoms. The van der Waals surface area contributed by atoms with Gasteiger partial charge in [-0.2, -0.15) is 4.98 Å². The molecular formula is C25H26N4O2. The quantitative estimate of drug-likeness (QED) is 0.516. The number of aromatic nitrogens is 2. The largest absolute Gasteiger partial charge is 0.481 e. The van der Waals surface area contributed by atoms with Crippen LogP contribution < -0.4 is 14.4 Å². The number of rotatable bonds is 7. The summed E-state index contributed by atoms with van der Waals surface area (Å²) in [5.41, 5.74) is 5.35. The summed E-state index contributed by atoms with van der Waals surface area (Å²) in [6.45, 7) is 2.20. The Labute approximate surface area is 182 Å². The van der Waals surface area contributed by atoms with E-state index in [0.717, 1.165) is 40.9 Å². The molecule has 0 amide bonds. The molecule has 0 N–H and O–H groups in total. The molecule has 1 unspecified atom stereocenters. The Morgan fingerprint density at radius 3 is 2.55 bits per heavy atom. The number of benzene rings is 1. The molecule has 0 radical (unpaired) electrons. The topological polar surface area (TPSA) is 59.8 Å². The maximum atomic E-state index is 5.59. The van der Waals surface area contributed by atoms with Gasteiger partial charge in [-0.1, -0.05) is 24.3 Å². The Morgan fingerprint density at radius 1 is 0.968 bits per heavy atom. The first-order valence-electron chi connectivity index (χ1n) is 10.3. The van der Waals surface area contributed by atoms with Crippen molar-refractivity contribution in [2.45, 2.75) is 25.8 Å². The van der Waals surface area contributed by atoms with Crippen LogP contribution >= 0.6 is 0 Å². The van der Waals surface area contributed by atoms with E-state index in [1.807, 2.05) is 42.9 Å². The highest BCUT2D eigenvalue weighted by molar-refractivity contribution is 5.74. The molecule has 1 aromatic carbocycles. The Morgan fingerprint density at radius 2 is 1.84 bits per heavy atom. The molecule has 1 aliphatic rings. The van der Waals surface area contributed by atoms with Crippen LogP contribution in [0.25, 0.3) is 11.1 Å². The van der Waals surface area contributed by atoms with Gasteiger partial charge in [0.25, 0.3) is 0 Å². The minimum Gasteiger partial charge on any atom is -0.481 e. The summed E-state index contributed by atoms with van der Waals surface area (Å²) < 4.78 is 10.9. The first-order chi connectivity index (χ1) is 15.2. The predicted molar refractivity (Wildman–Crippen MR) is 124 cm³/mol. The van der Waals surface area contributed by atoms with E-state index in [-0.39, 0.29) is 6.04 Å². The van der Waals surface area contributed by atoms with Crippen molar-refractivity contribution in [3.8, 4) is 22.9 Å². The molecule has 0 saturated heterocycles. The Hall–Kier alpha value is -3.67. The number of ether oxygens (including phenoxy) is 2. The number of hydrogen-bond acceptors (Lipinski definition) is 6. The lowest BCUT2D eigenvalue weighted by Crippen LogP contribution is -2.27. The zero-order chi connectivity index (χ0) is 21.6. The average Bonchev–Trinajstić information content (AvgIpc) is 2.85. The molecule has 4 rings (SSSR count). The fourth-order valence-electron chi connectivity index (χ4n) is 3.95. The van der Waals surface area contributed by atoms with Crippen LogP contribution in [0.4, 0.5) is 5.69 Å². The zero-order valence-corrected chi connectivity index (χ0v) is 18.0. The number of pyridine rings is 2. The van der Waals surface area contributed by atoms with Crippen molar-refractivity contribution >= 4 is 11.9 Å². The van der Waals surface area contributed by atoms with Gasteiger partial charge in [-0.15, -0.1) is 0 Å². The highest BCUT2D eigenvalue weighted by Gasteiger charge is 2.24. The molecule has 6 heteroatoms. The monoisotopic (exact) mass is 414 g/mol. The van der Waals surface area contributed by atoms with Gasteiger partial charge in [-0.25, -0.2) is 0 Å². The van der Waals surface area contributed by atoms with Crippen LogP contribution in [0.3, 0.4) is 0 Å². The van der Waals surface area contributed by atoms with Crippen molar-refractivity contribution in [1.29, 1.82) is 0 Å². The van der Waals surface area contributed by atoms with Crippen LogP contribution in [0.15, 0.2) is 77.8 Å². The van der Waals surface area contributed by atoms with E-state index in [4.69, 9.17) is 9.47 Å². The SMILES string of the molecule is COc1ccc(-c2ccccc2C(C)N(C2=CN=CCC2)c2cccnc2)c(OC)n1. The van der Waals surface area contributed by atoms with Crippen LogP contribution in [0.5, 0.6) is 11.8 Å². The molecule has 31 heavy (non-hydrogen) atoms. The summed E-state index contributed by atoms with van der Waals surface area (Å²) in [6, 6.07) is 16.3. The molecule has 1 atom stereocenters. The molecular weight excluding hydrogens is 388 g/mol. The first kappa shape index (κ1) is 20.6. The van der Waals surface area contributed by atoms with Crippen LogP contribution in [0.2, 0.25) is 0 Å². The number of nitrogens with zero attached hydrogens (tertiary/aromatic N) is 4. The summed E-state index contributed by atoms with van der Waals surface area (Å²) in [6.07, 6.45) is 9.45. The predicted octanol–water partition coefficient (Wildman–Crippen LogP) is 5.43.